The Hall–Kier alpha value is -2.14. The number of fused-ring (bicyclic) bond motifs is 1. The maximum Gasteiger partial charge on any atom is 0.257 e. The molecule has 2 heterocycles. The fraction of sp³-hybridized carbons (Fsp3) is 0.333. The van der Waals surface area contributed by atoms with Crippen molar-refractivity contribution in [2.45, 2.75) is 33.0 Å². The maximum absolute atomic E-state index is 11.9. The topological polar surface area (TPSA) is 52.2 Å². The number of aromatic amines is 1. The summed E-state index contributed by atoms with van der Waals surface area (Å²) in [7, 11) is 0. The highest BCUT2D eigenvalue weighted by Gasteiger charge is 2.32. The van der Waals surface area contributed by atoms with E-state index in [9.17, 15) is 4.79 Å². The van der Waals surface area contributed by atoms with Gasteiger partial charge >= 0.3 is 0 Å². The number of hydrazine groups is 1. The Morgan fingerprint density at radius 1 is 1.30 bits per heavy atom. The van der Waals surface area contributed by atoms with E-state index in [1.807, 2.05) is 18.2 Å². The Balaban J connectivity index is 1.94. The number of nitrogens with one attached hydrogen (secondary N) is 1. The van der Waals surface area contributed by atoms with Gasteiger partial charge in [0.2, 0.25) is 0 Å². The number of rotatable bonds is 3. The summed E-state index contributed by atoms with van der Waals surface area (Å²) in [6.07, 6.45) is 1.47. The summed E-state index contributed by atoms with van der Waals surface area (Å²) in [5.74, 6) is 0.777. The molecule has 3 rings (SSSR count). The summed E-state index contributed by atoms with van der Waals surface area (Å²) in [6, 6.07) is 10.5. The van der Waals surface area contributed by atoms with E-state index in [1.54, 1.807) is 0 Å². The van der Waals surface area contributed by atoms with E-state index >= 15 is 0 Å². The van der Waals surface area contributed by atoms with E-state index in [0.717, 1.165) is 17.9 Å². The standard InChI is InChI=1S/C15H18N4O/c1-11(2)19-14-13(15(20)17-10-16-14)9-18(19)8-12-6-4-3-5-7-12/h3-7,10-11H,8-9H2,1-2H3,(H,16,17,20). The van der Waals surface area contributed by atoms with Gasteiger partial charge in [0.15, 0.2) is 5.82 Å². The Kier molecular flexibility index (Phi) is 3.28. The van der Waals surface area contributed by atoms with Gasteiger partial charge < -0.3 is 4.98 Å². The third-order valence-corrected chi connectivity index (χ3v) is 3.49. The second-order valence-corrected chi connectivity index (χ2v) is 5.28. The molecule has 1 N–H and O–H groups in total. The third-order valence-electron chi connectivity index (χ3n) is 3.49. The van der Waals surface area contributed by atoms with Gasteiger partial charge in [-0.15, -0.1) is 0 Å². The quantitative estimate of drug-likeness (QED) is 0.925. The molecule has 0 radical (unpaired) electrons. The predicted molar refractivity (Wildman–Crippen MR) is 78.2 cm³/mol. The van der Waals surface area contributed by atoms with Crippen LogP contribution in [0.2, 0.25) is 0 Å². The van der Waals surface area contributed by atoms with E-state index in [-0.39, 0.29) is 11.6 Å². The van der Waals surface area contributed by atoms with Gasteiger partial charge in [0, 0.05) is 12.6 Å². The summed E-state index contributed by atoms with van der Waals surface area (Å²) in [6.45, 7) is 5.59. The van der Waals surface area contributed by atoms with Crippen LogP contribution in [0.3, 0.4) is 0 Å². The van der Waals surface area contributed by atoms with Gasteiger partial charge in [0.1, 0.15) is 0 Å². The van der Waals surface area contributed by atoms with Gasteiger partial charge in [0.25, 0.3) is 5.56 Å². The first-order valence-electron chi connectivity index (χ1n) is 6.81. The molecule has 1 aliphatic heterocycles. The molecule has 0 unspecified atom stereocenters. The second kappa shape index (κ2) is 5.09. The largest absolute Gasteiger partial charge is 0.313 e. The molecule has 5 nitrogen and oxygen atoms in total. The van der Waals surface area contributed by atoms with Crippen LogP contribution in [-0.4, -0.2) is 21.0 Å². The normalized spacial score (nSPS) is 14.8. The Bertz CT molecular complexity index is 650. The summed E-state index contributed by atoms with van der Waals surface area (Å²) in [5, 5.41) is 4.28. The second-order valence-electron chi connectivity index (χ2n) is 5.28. The molecule has 0 saturated heterocycles. The molecule has 0 atom stereocenters. The average molecular weight is 270 g/mol. The van der Waals surface area contributed by atoms with E-state index in [4.69, 9.17) is 0 Å². The highest BCUT2D eigenvalue weighted by Crippen LogP contribution is 2.29. The minimum absolute atomic E-state index is 0.0452. The van der Waals surface area contributed by atoms with Crippen LogP contribution in [0.25, 0.3) is 0 Å². The van der Waals surface area contributed by atoms with Crippen molar-refractivity contribution in [2.75, 3.05) is 5.01 Å². The monoisotopic (exact) mass is 270 g/mol. The van der Waals surface area contributed by atoms with Crippen molar-refractivity contribution in [3.8, 4) is 0 Å². The van der Waals surface area contributed by atoms with Gasteiger partial charge in [-0.1, -0.05) is 30.3 Å². The van der Waals surface area contributed by atoms with E-state index < -0.39 is 0 Å². The van der Waals surface area contributed by atoms with Crippen molar-refractivity contribution in [3.63, 3.8) is 0 Å². The van der Waals surface area contributed by atoms with Gasteiger partial charge in [-0.2, -0.15) is 0 Å². The van der Waals surface area contributed by atoms with Crippen molar-refractivity contribution in [2.24, 2.45) is 0 Å². The molecular weight excluding hydrogens is 252 g/mol. The third kappa shape index (κ3) is 2.20. The fourth-order valence-electron chi connectivity index (χ4n) is 2.65. The highest BCUT2D eigenvalue weighted by molar-refractivity contribution is 5.49. The van der Waals surface area contributed by atoms with Crippen LogP contribution in [-0.2, 0) is 13.1 Å². The highest BCUT2D eigenvalue weighted by atomic mass is 16.1. The number of anilines is 1. The fourth-order valence-corrected chi connectivity index (χ4v) is 2.65. The summed E-state index contributed by atoms with van der Waals surface area (Å²) in [5.41, 5.74) is 1.93. The minimum atomic E-state index is -0.0452. The molecule has 0 saturated carbocycles. The van der Waals surface area contributed by atoms with E-state index in [0.29, 0.717) is 6.54 Å². The SMILES string of the molecule is CC(C)N1c2nc[nH]c(=O)c2CN1Cc1ccccc1. The molecule has 1 aromatic carbocycles. The first-order valence-corrected chi connectivity index (χ1v) is 6.81. The molecule has 2 aromatic rings. The molecule has 20 heavy (non-hydrogen) atoms. The zero-order valence-corrected chi connectivity index (χ0v) is 11.7. The molecule has 1 aliphatic rings. The predicted octanol–water partition coefficient (Wildman–Crippen LogP) is 1.92. The van der Waals surface area contributed by atoms with E-state index in [2.05, 4.69) is 46.0 Å². The Morgan fingerprint density at radius 2 is 2.05 bits per heavy atom. The molecule has 0 spiro atoms. The van der Waals surface area contributed by atoms with E-state index in [1.165, 1.54) is 11.9 Å². The van der Waals surface area contributed by atoms with Gasteiger partial charge in [0.05, 0.1) is 18.4 Å². The van der Waals surface area contributed by atoms with Crippen LogP contribution < -0.4 is 10.6 Å². The lowest BCUT2D eigenvalue weighted by Gasteiger charge is -2.32. The van der Waals surface area contributed by atoms with Crippen LogP contribution in [0.5, 0.6) is 0 Å². The number of H-pyrrole nitrogens is 1. The summed E-state index contributed by atoms with van der Waals surface area (Å²) < 4.78 is 0. The summed E-state index contributed by atoms with van der Waals surface area (Å²) >= 11 is 0. The molecule has 0 bridgehead atoms. The number of nitrogens with zero attached hydrogens (tertiary/aromatic N) is 3. The first-order chi connectivity index (χ1) is 9.66. The smallest absolute Gasteiger partial charge is 0.257 e. The Morgan fingerprint density at radius 3 is 2.75 bits per heavy atom. The average Bonchev–Trinajstić information content (AvgIpc) is 2.79. The number of hydrogen-bond donors (Lipinski definition) is 1. The zero-order valence-electron chi connectivity index (χ0n) is 11.7. The van der Waals surface area contributed by atoms with Crippen molar-refractivity contribution >= 4 is 5.82 Å². The minimum Gasteiger partial charge on any atom is -0.313 e. The lowest BCUT2D eigenvalue weighted by atomic mass is 10.2. The molecule has 1 aromatic heterocycles. The molecular formula is C15H18N4O. The molecule has 0 aliphatic carbocycles. The zero-order chi connectivity index (χ0) is 14.1. The van der Waals surface area contributed by atoms with Crippen LogP contribution in [0.4, 0.5) is 5.82 Å². The molecule has 0 fully saturated rings. The molecule has 5 heteroatoms. The van der Waals surface area contributed by atoms with Crippen molar-refractivity contribution in [3.05, 3.63) is 58.1 Å². The van der Waals surface area contributed by atoms with Crippen molar-refractivity contribution in [1.29, 1.82) is 0 Å². The maximum atomic E-state index is 11.9. The van der Waals surface area contributed by atoms with Crippen LogP contribution >= 0.6 is 0 Å². The van der Waals surface area contributed by atoms with Crippen LogP contribution in [0.1, 0.15) is 25.0 Å². The summed E-state index contributed by atoms with van der Waals surface area (Å²) in [4.78, 5) is 18.9. The lowest BCUT2D eigenvalue weighted by molar-refractivity contribution is 0.235. The van der Waals surface area contributed by atoms with Crippen LogP contribution in [0.15, 0.2) is 41.5 Å². The Labute approximate surface area is 117 Å². The van der Waals surface area contributed by atoms with Crippen molar-refractivity contribution in [1.82, 2.24) is 15.0 Å². The molecule has 0 amide bonds. The molecule has 104 valence electrons. The van der Waals surface area contributed by atoms with Gasteiger partial charge in [-0.05, 0) is 19.4 Å². The number of benzene rings is 1. The number of hydrogen-bond acceptors (Lipinski definition) is 4. The first kappa shape index (κ1) is 12.9. The van der Waals surface area contributed by atoms with Gasteiger partial charge in [-0.3, -0.25) is 9.80 Å². The van der Waals surface area contributed by atoms with Crippen molar-refractivity contribution < 1.29 is 0 Å². The number of aromatic nitrogens is 2. The lowest BCUT2D eigenvalue weighted by Crippen LogP contribution is -2.42. The van der Waals surface area contributed by atoms with Crippen LogP contribution in [0, 0.1) is 0 Å². The van der Waals surface area contributed by atoms with Gasteiger partial charge in [-0.25, -0.2) is 9.99 Å².